The minimum absolute atomic E-state index is 0.0869. The van der Waals surface area contributed by atoms with E-state index in [-0.39, 0.29) is 18.2 Å². The summed E-state index contributed by atoms with van der Waals surface area (Å²) in [5, 5.41) is 14.5. The van der Waals surface area contributed by atoms with Crippen LogP contribution in [0.4, 0.5) is 11.4 Å². The van der Waals surface area contributed by atoms with Crippen LogP contribution in [0.3, 0.4) is 0 Å². The summed E-state index contributed by atoms with van der Waals surface area (Å²) in [6.07, 6.45) is 0.891. The van der Waals surface area contributed by atoms with E-state index in [2.05, 4.69) is 10.1 Å². The Labute approximate surface area is 114 Å². The third-order valence-corrected chi connectivity index (χ3v) is 2.53. The van der Waals surface area contributed by atoms with Gasteiger partial charge in [-0.2, -0.15) is 4.98 Å². The van der Waals surface area contributed by atoms with E-state index in [1.807, 2.05) is 6.92 Å². The molecule has 0 aliphatic carbocycles. The van der Waals surface area contributed by atoms with Crippen molar-refractivity contribution in [1.82, 2.24) is 10.1 Å². The molecule has 0 saturated heterocycles. The molecule has 20 heavy (non-hydrogen) atoms. The van der Waals surface area contributed by atoms with Crippen LogP contribution in [0.25, 0.3) is 11.5 Å². The molecule has 8 heteroatoms. The lowest BCUT2D eigenvalue weighted by Gasteiger charge is -2.00. The zero-order valence-corrected chi connectivity index (χ0v) is 10.9. The van der Waals surface area contributed by atoms with Crippen LogP contribution in [0.1, 0.15) is 19.2 Å². The minimum atomic E-state index is -0.509. The molecule has 0 aliphatic rings. The number of nitrogens with two attached hydrogens (primary N) is 1. The van der Waals surface area contributed by atoms with Gasteiger partial charge in [0, 0.05) is 24.4 Å². The molecule has 1 aromatic carbocycles. The van der Waals surface area contributed by atoms with Gasteiger partial charge in [0.25, 0.3) is 11.6 Å². The van der Waals surface area contributed by atoms with Crippen LogP contribution >= 0.6 is 0 Å². The van der Waals surface area contributed by atoms with Crippen molar-refractivity contribution in [3.8, 4) is 11.5 Å². The molecule has 106 valence electrons. The van der Waals surface area contributed by atoms with Crippen LogP contribution in [0.15, 0.2) is 22.7 Å². The molecular formula is C12H14N4O4. The normalized spacial score (nSPS) is 10.7. The highest BCUT2D eigenvalue weighted by Crippen LogP contribution is 2.28. The van der Waals surface area contributed by atoms with Gasteiger partial charge in [-0.15, -0.1) is 0 Å². The standard InChI is InChI=1S/C12H14N4O4/c1-2-5-19-7-11-14-12(20-15-11)9-6-8(16(17)18)3-4-10(9)13/h3-4,6H,2,5,7,13H2,1H3. The summed E-state index contributed by atoms with van der Waals surface area (Å²) in [4.78, 5) is 14.4. The summed E-state index contributed by atoms with van der Waals surface area (Å²) in [6, 6.07) is 4.06. The maximum Gasteiger partial charge on any atom is 0.270 e. The molecule has 0 unspecified atom stereocenters. The van der Waals surface area contributed by atoms with Crippen molar-refractivity contribution in [2.45, 2.75) is 20.0 Å². The summed E-state index contributed by atoms with van der Waals surface area (Å²) in [6.45, 7) is 2.82. The lowest BCUT2D eigenvalue weighted by atomic mass is 10.1. The van der Waals surface area contributed by atoms with E-state index < -0.39 is 4.92 Å². The Kier molecular flexibility index (Phi) is 4.26. The van der Waals surface area contributed by atoms with E-state index in [9.17, 15) is 10.1 Å². The molecule has 0 fully saturated rings. The fraction of sp³-hybridized carbons (Fsp3) is 0.333. The Morgan fingerprint density at radius 1 is 1.50 bits per heavy atom. The summed E-state index contributed by atoms with van der Waals surface area (Å²) < 4.78 is 10.3. The van der Waals surface area contributed by atoms with E-state index in [0.717, 1.165) is 6.42 Å². The molecule has 0 saturated carbocycles. The lowest BCUT2D eigenvalue weighted by molar-refractivity contribution is -0.384. The van der Waals surface area contributed by atoms with Crippen molar-refractivity contribution in [2.75, 3.05) is 12.3 Å². The Morgan fingerprint density at radius 3 is 3.00 bits per heavy atom. The number of hydrogen-bond acceptors (Lipinski definition) is 7. The highest BCUT2D eigenvalue weighted by molar-refractivity contribution is 5.73. The highest BCUT2D eigenvalue weighted by atomic mass is 16.6. The van der Waals surface area contributed by atoms with Crippen molar-refractivity contribution >= 4 is 11.4 Å². The molecule has 0 radical (unpaired) electrons. The number of nitrogen functional groups attached to an aromatic ring is 1. The molecule has 8 nitrogen and oxygen atoms in total. The van der Waals surface area contributed by atoms with Crippen LogP contribution in [0, 0.1) is 10.1 Å². The van der Waals surface area contributed by atoms with E-state index in [1.165, 1.54) is 18.2 Å². The van der Waals surface area contributed by atoms with Gasteiger partial charge in [0.2, 0.25) is 0 Å². The first-order valence-corrected chi connectivity index (χ1v) is 6.06. The molecule has 1 heterocycles. The summed E-state index contributed by atoms with van der Waals surface area (Å²) >= 11 is 0. The molecule has 0 spiro atoms. The summed E-state index contributed by atoms with van der Waals surface area (Å²) in [7, 11) is 0. The quantitative estimate of drug-likeness (QED) is 0.372. The average Bonchev–Trinajstić information content (AvgIpc) is 2.88. The van der Waals surface area contributed by atoms with E-state index >= 15 is 0 Å². The maximum atomic E-state index is 10.8. The van der Waals surface area contributed by atoms with Crippen LogP contribution in [0.2, 0.25) is 0 Å². The molecule has 1 aromatic heterocycles. The lowest BCUT2D eigenvalue weighted by Crippen LogP contribution is -1.96. The summed E-state index contributed by atoms with van der Waals surface area (Å²) in [5.41, 5.74) is 6.36. The zero-order chi connectivity index (χ0) is 14.5. The molecule has 0 amide bonds. The molecule has 0 atom stereocenters. The summed E-state index contributed by atoms with van der Waals surface area (Å²) in [5.74, 6) is 0.514. The predicted octanol–water partition coefficient (Wildman–Crippen LogP) is 2.15. The zero-order valence-electron chi connectivity index (χ0n) is 10.9. The van der Waals surface area contributed by atoms with Gasteiger partial charge >= 0.3 is 0 Å². The van der Waals surface area contributed by atoms with Crippen molar-refractivity contribution < 1.29 is 14.2 Å². The predicted molar refractivity (Wildman–Crippen MR) is 70.7 cm³/mol. The second-order valence-corrected chi connectivity index (χ2v) is 4.10. The number of hydrogen-bond donors (Lipinski definition) is 1. The fourth-order valence-electron chi connectivity index (χ4n) is 1.57. The number of nitrogens with zero attached hydrogens (tertiary/aromatic N) is 3. The third-order valence-electron chi connectivity index (χ3n) is 2.53. The molecule has 0 aliphatic heterocycles. The molecule has 2 rings (SSSR count). The number of anilines is 1. The number of aromatic nitrogens is 2. The smallest absolute Gasteiger partial charge is 0.270 e. The van der Waals surface area contributed by atoms with Gasteiger partial charge in [0.15, 0.2) is 5.82 Å². The highest BCUT2D eigenvalue weighted by Gasteiger charge is 2.16. The van der Waals surface area contributed by atoms with Gasteiger partial charge in [-0.1, -0.05) is 12.1 Å². The van der Waals surface area contributed by atoms with Crippen molar-refractivity contribution in [3.05, 3.63) is 34.1 Å². The van der Waals surface area contributed by atoms with Gasteiger partial charge in [0.05, 0.1) is 10.5 Å². The van der Waals surface area contributed by atoms with Crippen molar-refractivity contribution in [1.29, 1.82) is 0 Å². The second-order valence-electron chi connectivity index (χ2n) is 4.10. The number of nitro groups is 1. The first kappa shape index (κ1) is 13.9. The number of rotatable bonds is 6. The molecule has 2 N–H and O–H groups in total. The average molecular weight is 278 g/mol. The van der Waals surface area contributed by atoms with Gasteiger partial charge < -0.3 is 15.0 Å². The Bertz CT molecular complexity index is 611. The number of nitro benzene ring substituents is 1. The van der Waals surface area contributed by atoms with E-state index in [1.54, 1.807) is 0 Å². The molecular weight excluding hydrogens is 264 g/mol. The number of ether oxygens (including phenoxy) is 1. The fourth-order valence-corrected chi connectivity index (χ4v) is 1.57. The number of benzene rings is 1. The Morgan fingerprint density at radius 2 is 2.30 bits per heavy atom. The van der Waals surface area contributed by atoms with E-state index in [4.69, 9.17) is 15.0 Å². The molecule has 0 bridgehead atoms. The first-order chi connectivity index (χ1) is 9.61. The van der Waals surface area contributed by atoms with Crippen molar-refractivity contribution in [2.24, 2.45) is 0 Å². The molecule has 2 aromatic rings. The maximum absolute atomic E-state index is 10.8. The monoisotopic (exact) mass is 278 g/mol. The van der Waals surface area contributed by atoms with Gasteiger partial charge in [-0.05, 0) is 12.5 Å². The SMILES string of the molecule is CCCOCc1noc(-c2cc([N+](=O)[O-])ccc2N)n1. The Hall–Kier alpha value is -2.48. The topological polar surface area (TPSA) is 117 Å². The number of non-ortho nitro benzene ring substituents is 1. The minimum Gasteiger partial charge on any atom is -0.398 e. The van der Waals surface area contributed by atoms with Crippen LogP contribution in [-0.2, 0) is 11.3 Å². The Balaban J connectivity index is 2.23. The van der Waals surface area contributed by atoms with Gasteiger partial charge in [-0.3, -0.25) is 10.1 Å². The second kappa shape index (κ2) is 6.11. The van der Waals surface area contributed by atoms with Crippen molar-refractivity contribution in [3.63, 3.8) is 0 Å². The third kappa shape index (κ3) is 3.09. The van der Waals surface area contributed by atoms with Crippen LogP contribution < -0.4 is 5.73 Å². The van der Waals surface area contributed by atoms with E-state index in [0.29, 0.717) is 23.7 Å². The first-order valence-electron chi connectivity index (χ1n) is 6.06. The van der Waals surface area contributed by atoms with Crippen LogP contribution in [0.5, 0.6) is 0 Å². The van der Waals surface area contributed by atoms with Gasteiger partial charge in [-0.25, -0.2) is 0 Å². The van der Waals surface area contributed by atoms with Crippen LogP contribution in [-0.4, -0.2) is 21.7 Å². The largest absolute Gasteiger partial charge is 0.398 e. The van der Waals surface area contributed by atoms with Gasteiger partial charge in [0.1, 0.15) is 6.61 Å².